The first-order valence-corrected chi connectivity index (χ1v) is 8.57. The molecule has 0 fully saturated rings. The molecule has 0 saturated heterocycles. The third kappa shape index (κ3) is 4.60. The molecule has 0 bridgehead atoms. The zero-order valence-electron chi connectivity index (χ0n) is 14.8. The number of nitrogens with one attached hydrogen (secondary N) is 1. The maximum atomic E-state index is 13.0. The van der Waals surface area contributed by atoms with Crippen LogP contribution in [0.1, 0.15) is 45.1 Å². The van der Waals surface area contributed by atoms with Crippen molar-refractivity contribution in [1.82, 2.24) is 25.1 Å². The molecule has 2 aromatic heterocycles. The van der Waals surface area contributed by atoms with Crippen molar-refractivity contribution >= 4 is 23.8 Å². The smallest absolute Gasteiger partial charge is 0.342 e. The second-order valence-corrected chi connectivity index (χ2v) is 6.46. The Labute approximate surface area is 167 Å². The second kappa shape index (κ2) is 8.00. The van der Waals surface area contributed by atoms with Gasteiger partial charge in [-0.3, -0.25) is 9.59 Å². The molecule has 0 saturated carbocycles. The van der Waals surface area contributed by atoms with E-state index >= 15 is 0 Å². The fourth-order valence-electron chi connectivity index (χ4n) is 2.54. The quantitative estimate of drug-likeness (QED) is 0.633. The number of halogens is 4. The maximum Gasteiger partial charge on any atom is 0.416 e. The number of aldehydes is 1. The van der Waals surface area contributed by atoms with Crippen LogP contribution in [0.4, 0.5) is 13.2 Å². The first-order valence-electron chi connectivity index (χ1n) is 8.19. The summed E-state index contributed by atoms with van der Waals surface area (Å²) in [7, 11) is 0. The minimum Gasteiger partial charge on any atom is -0.342 e. The average Bonchev–Trinajstić information content (AvgIpc) is 3.17. The van der Waals surface area contributed by atoms with Crippen molar-refractivity contribution in [2.75, 3.05) is 0 Å². The highest BCUT2D eigenvalue weighted by atomic mass is 35.5. The summed E-state index contributed by atoms with van der Waals surface area (Å²) in [6.07, 6.45) is -1.40. The van der Waals surface area contributed by atoms with E-state index in [4.69, 9.17) is 11.6 Å². The molecule has 11 heteroatoms. The number of benzene rings is 1. The molecule has 1 aromatic carbocycles. The first kappa shape index (κ1) is 20.5. The van der Waals surface area contributed by atoms with Gasteiger partial charge >= 0.3 is 6.18 Å². The third-order valence-corrected chi connectivity index (χ3v) is 4.14. The Balaban J connectivity index is 1.83. The summed E-state index contributed by atoms with van der Waals surface area (Å²) in [6, 6.07) is 4.97. The summed E-state index contributed by atoms with van der Waals surface area (Å²) < 4.78 is 40.2. The van der Waals surface area contributed by atoms with Crippen molar-refractivity contribution in [3.05, 3.63) is 70.4 Å². The van der Waals surface area contributed by atoms with Crippen molar-refractivity contribution in [2.24, 2.45) is 0 Å². The lowest BCUT2D eigenvalue weighted by Crippen LogP contribution is -2.29. The van der Waals surface area contributed by atoms with Gasteiger partial charge in [-0.05, 0) is 37.3 Å². The van der Waals surface area contributed by atoms with Crippen LogP contribution in [0.2, 0.25) is 5.02 Å². The van der Waals surface area contributed by atoms with Gasteiger partial charge in [-0.1, -0.05) is 11.6 Å². The standard InChI is InChI=1S/C18H13ClF3N5O2/c1-10(16-24-9-25-27(16)15-3-2-11(8-28)7-23-15)26-17(29)12-4-13(18(20,21)22)6-14(19)5-12/h2-10H,1H3,(H,26,29). The first-order chi connectivity index (χ1) is 13.7. The molecule has 0 radical (unpaired) electrons. The molecule has 2 heterocycles. The van der Waals surface area contributed by atoms with Crippen molar-refractivity contribution in [3.63, 3.8) is 0 Å². The van der Waals surface area contributed by atoms with Gasteiger partial charge in [0.15, 0.2) is 17.9 Å². The Kier molecular flexibility index (Phi) is 5.64. The van der Waals surface area contributed by atoms with Crippen LogP contribution >= 0.6 is 11.6 Å². The van der Waals surface area contributed by atoms with E-state index in [9.17, 15) is 22.8 Å². The zero-order chi connectivity index (χ0) is 21.2. The molecule has 1 atom stereocenters. The molecule has 1 amide bonds. The monoisotopic (exact) mass is 423 g/mol. The highest BCUT2D eigenvalue weighted by Gasteiger charge is 2.32. The summed E-state index contributed by atoms with van der Waals surface area (Å²) >= 11 is 5.73. The summed E-state index contributed by atoms with van der Waals surface area (Å²) in [5.41, 5.74) is -0.889. The molecule has 0 spiro atoms. The van der Waals surface area contributed by atoms with Crippen LogP contribution in [-0.2, 0) is 6.18 Å². The van der Waals surface area contributed by atoms with Crippen LogP contribution in [0.15, 0.2) is 42.9 Å². The average molecular weight is 424 g/mol. The fourth-order valence-corrected chi connectivity index (χ4v) is 2.78. The largest absolute Gasteiger partial charge is 0.416 e. The number of hydrogen-bond acceptors (Lipinski definition) is 5. The summed E-state index contributed by atoms with van der Waals surface area (Å²) in [4.78, 5) is 31.4. The highest BCUT2D eigenvalue weighted by Crippen LogP contribution is 2.32. The Morgan fingerprint density at radius 2 is 2.00 bits per heavy atom. The molecule has 0 aliphatic carbocycles. The lowest BCUT2D eigenvalue weighted by atomic mass is 10.1. The van der Waals surface area contributed by atoms with Crippen LogP contribution in [-0.4, -0.2) is 31.9 Å². The molecule has 3 rings (SSSR count). The van der Waals surface area contributed by atoms with E-state index in [1.54, 1.807) is 13.0 Å². The van der Waals surface area contributed by atoms with E-state index < -0.39 is 23.7 Å². The Morgan fingerprint density at radius 1 is 1.24 bits per heavy atom. The summed E-state index contributed by atoms with van der Waals surface area (Å²) in [6.45, 7) is 1.59. The van der Waals surface area contributed by atoms with Crippen molar-refractivity contribution < 1.29 is 22.8 Å². The van der Waals surface area contributed by atoms with Gasteiger partial charge in [0.25, 0.3) is 5.91 Å². The predicted molar refractivity (Wildman–Crippen MR) is 96.9 cm³/mol. The number of carbonyl (C=O) groups is 2. The summed E-state index contributed by atoms with van der Waals surface area (Å²) in [5.74, 6) is -0.113. The number of carbonyl (C=O) groups excluding carboxylic acids is 2. The van der Waals surface area contributed by atoms with Gasteiger partial charge in [0.1, 0.15) is 6.33 Å². The van der Waals surface area contributed by atoms with Crippen LogP contribution in [0.25, 0.3) is 5.82 Å². The van der Waals surface area contributed by atoms with Gasteiger partial charge in [0.2, 0.25) is 0 Å². The fraction of sp³-hybridized carbons (Fsp3) is 0.167. The molecular weight excluding hydrogens is 411 g/mol. The van der Waals surface area contributed by atoms with Gasteiger partial charge < -0.3 is 5.32 Å². The molecule has 0 aliphatic rings. The van der Waals surface area contributed by atoms with Crippen LogP contribution in [0.5, 0.6) is 0 Å². The Morgan fingerprint density at radius 3 is 2.62 bits per heavy atom. The third-order valence-electron chi connectivity index (χ3n) is 3.92. The minimum atomic E-state index is -4.63. The molecular formula is C18H13ClF3N5O2. The lowest BCUT2D eigenvalue weighted by molar-refractivity contribution is -0.137. The zero-order valence-corrected chi connectivity index (χ0v) is 15.6. The predicted octanol–water partition coefficient (Wildman–Crippen LogP) is 3.64. The minimum absolute atomic E-state index is 0.208. The van der Waals surface area contributed by atoms with Crippen molar-refractivity contribution in [2.45, 2.75) is 19.1 Å². The Bertz CT molecular complexity index is 1050. The number of pyridine rings is 1. The van der Waals surface area contributed by atoms with Gasteiger partial charge in [-0.15, -0.1) is 0 Å². The lowest BCUT2D eigenvalue weighted by Gasteiger charge is -2.15. The van der Waals surface area contributed by atoms with Crippen LogP contribution in [0.3, 0.4) is 0 Å². The molecule has 29 heavy (non-hydrogen) atoms. The van der Waals surface area contributed by atoms with Gasteiger partial charge in [-0.2, -0.15) is 23.0 Å². The molecule has 7 nitrogen and oxygen atoms in total. The van der Waals surface area contributed by atoms with E-state index in [2.05, 4.69) is 20.4 Å². The van der Waals surface area contributed by atoms with Gasteiger partial charge in [0, 0.05) is 22.3 Å². The normalized spacial score (nSPS) is 12.4. The molecule has 1 unspecified atom stereocenters. The number of aromatic nitrogens is 4. The number of amides is 1. The molecule has 0 aliphatic heterocycles. The van der Waals surface area contributed by atoms with Crippen molar-refractivity contribution in [1.29, 1.82) is 0 Å². The van der Waals surface area contributed by atoms with E-state index in [-0.39, 0.29) is 10.6 Å². The number of rotatable bonds is 5. The van der Waals surface area contributed by atoms with Crippen LogP contribution < -0.4 is 5.32 Å². The number of hydrogen-bond donors (Lipinski definition) is 1. The molecule has 150 valence electrons. The van der Waals surface area contributed by atoms with Gasteiger partial charge in [-0.25, -0.2) is 9.97 Å². The van der Waals surface area contributed by atoms with E-state index in [0.717, 1.165) is 18.2 Å². The molecule has 3 aromatic rings. The second-order valence-electron chi connectivity index (χ2n) is 6.02. The van der Waals surface area contributed by atoms with Crippen molar-refractivity contribution in [3.8, 4) is 5.82 Å². The van der Waals surface area contributed by atoms with Crippen LogP contribution in [0, 0.1) is 0 Å². The van der Waals surface area contributed by atoms with E-state index in [1.165, 1.54) is 23.3 Å². The maximum absolute atomic E-state index is 13.0. The Hall–Kier alpha value is -3.27. The number of alkyl halides is 3. The highest BCUT2D eigenvalue weighted by molar-refractivity contribution is 6.31. The topological polar surface area (TPSA) is 89.8 Å². The van der Waals surface area contributed by atoms with E-state index in [1.807, 2.05) is 0 Å². The SMILES string of the molecule is CC(NC(=O)c1cc(Cl)cc(C(F)(F)F)c1)c1ncnn1-c1ccc(C=O)cn1. The van der Waals surface area contributed by atoms with E-state index in [0.29, 0.717) is 23.5 Å². The summed E-state index contributed by atoms with van der Waals surface area (Å²) in [5, 5.41) is 6.39. The number of nitrogens with zero attached hydrogens (tertiary/aromatic N) is 4. The molecule has 1 N–H and O–H groups in total. The van der Waals surface area contributed by atoms with Gasteiger partial charge in [0.05, 0.1) is 11.6 Å².